The van der Waals surface area contributed by atoms with E-state index in [0.29, 0.717) is 15.6 Å². The molecule has 0 aromatic heterocycles. The lowest BCUT2D eigenvalue weighted by Gasteiger charge is -2.08. The summed E-state index contributed by atoms with van der Waals surface area (Å²) in [5, 5.41) is 15.1. The van der Waals surface area contributed by atoms with E-state index in [1.54, 1.807) is 18.2 Å². The van der Waals surface area contributed by atoms with Gasteiger partial charge in [0.15, 0.2) is 0 Å². The summed E-state index contributed by atoms with van der Waals surface area (Å²) in [4.78, 5) is 10.5. The highest BCUT2D eigenvalue weighted by Crippen LogP contribution is 2.27. The molecule has 2 aromatic rings. The zero-order valence-corrected chi connectivity index (χ0v) is 13.2. The minimum atomic E-state index is -0.429. The molecule has 0 bridgehead atoms. The lowest BCUT2D eigenvalue weighted by Crippen LogP contribution is -2.03. The van der Waals surface area contributed by atoms with Gasteiger partial charge in [-0.05, 0) is 46.3 Å². The fourth-order valence-corrected chi connectivity index (χ4v) is 2.30. The number of benzene rings is 2. The minimum Gasteiger partial charge on any atom is -0.381 e. The highest BCUT2D eigenvalue weighted by atomic mass is 79.9. The maximum Gasteiger partial charge on any atom is 0.274 e. The largest absolute Gasteiger partial charge is 0.381 e. The highest BCUT2D eigenvalue weighted by molar-refractivity contribution is 9.10. The van der Waals surface area contributed by atoms with Crippen molar-refractivity contribution in [2.45, 2.75) is 6.54 Å². The highest BCUT2D eigenvalue weighted by Gasteiger charge is 2.13. The molecule has 0 amide bonds. The molecule has 4 nitrogen and oxygen atoms in total. The molecule has 0 spiro atoms. The Hall–Kier alpha value is -1.30. The van der Waals surface area contributed by atoms with E-state index in [1.807, 2.05) is 6.07 Å². The molecule has 0 unspecified atom stereocenters. The predicted molar refractivity (Wildman–Crippen MR) is 84.6 cm³/mol. The molecule has 0 radical (unpaired) electrons. The zero-order valence-electron chi connectivity index (χ0n) is 10.1. The van der Waals surface area contributed by atoms with Gasteiger partial charge in [0.1, 0.15) is 0 Å². The molecule has 0 heterocycles. The second-order valence-electron chi connectivity index (χ2n) is 4.01. The van der Waals surface area contributed by atoms with Crippen LogP contribution in [0.2, 0.25) is 10.0 Å². The second-order valence-corrected chi connectivity index (χ2v) is 5.71. The lowest BCUT2D eigenvalue weighted by molar-refractivity contribution is -0.385. The van der Waals surface area contributed by atoms with Crippen molar-refractivity contribution in [3.8, 4) is 0 Å². The van der Waals surface area contributed by atoms with Crippen molar-refractivity contribution in [3.05, 3.63) is 66.6 Å². The molecule has 7 heteroatoms. The number of hydrogen-bond acceptors (Lipinski definition) is 3. The van der Waals surface area contributed by atoms with Crippen LogP contribution >= 0.6 is 39.1 Å². The minimum absolute atomic E-state index is 0.0325. The van der Waals surface area contributed by atoms with Crippen LogP contribution in [0.4, 0.5) is 11.4 Å². The molecule has 2 rings (SSSR count). The second kappa shape index (κ2) is 6.43. The first-order valence-electron chi connectivity index (χ1n) is 5.59. The predicted octanol–water partition coefficient (Wildman–Crippen LogP) is 5.28. The van der Waals surface area contributed by atoms with Crippen molar-refractivity contribution >= 4 is 50.5 Å². The Balaban J connectivity index is 2.20. The van der Waals surface area contributed by atoms with E-state index >= 15 is 0 Å². The smallest absolute Gasteiger partial charge is 0.274 e. The van der Waals surface area contributed by atoms with Gasteiger partial charge >= 0.3 is 0 Å². The number of anilines is 1. The summed E-state index contributed by atoms with van der Waals surface area (Å²) in [6, 6.07) is 9.84. The molecule has 20 heavy (non-hydrogen) atoms. The van der Waals surface area contributed by atoms with Crippen molar-refractivity contribution in [2.24, 2.45) is 0 Å². The maximum atomic E-state index is 11.0. The van der Waals surface area contributed by atoms with Gasteiger partial charge in [-0.3, -0.25) is 10.1 Å². The number of halogens is 3. The summed E-state index contributed by atoms with van der Waals surface area (Å²) in [6.07, 6.45) is 0. The fraction of sp³-hybridized carbons (Fsp3) is 0.0769. The number of nitro groups is 1. The average molecular weight is 376 g/mol. The van der Waals surface area contributed by atoms with Crippen molar-refractivity contribution in [2.75, 3.05) is 5.32 Å². The van der Waals surface area contributed by atoms with E-state index < -0.39 is 4.92 Å². The third kappa shape index (κ3) is 3.62. The summed E-state index contributed by atoms with van der Waals surface area (Å²) in [5.41, 5.74) is 1.32. The molecule has 0 fully saturated rings. The Morgan fingerprint density at radius 3 is 2.60 bits per heavy atom. The van der Waals surface area contributed by atoms with Gasteiger partial charge in [-0.1, -0.05) is 23.2 Å². The van der Waals surface area contributed by atoms with E-state index in [1.165, 1.54) is 12.1 Å². The van der Waals surface area contributed by atoms with Crippen LogP contribution in [0.3, 0.4) is 0 Å². The molecule has 1 N–H and O–H groups in total. The van der Waals surface area contributed by atoms with Gasteiger partial charge in [0.05, 0.1) is 15.5 Å². The first kappa shape index (κ1) is 15.1. The quantitative estimate of drug-likeness (QED) is 0.584. The molecular formula is C13H9BrCl2N2O2. The Labute approximate surface area is 134 Å². The van der Waals surface area contributed by atoms with E-state index in [0.717, 1.165) is 10.2 Å². The topological polar surface area (TPSA) is 55.2 Å². The zero-order chi connectivity index (χ0) is 14.7. The van der Waals surface area contributed by atoms with E-state index in [4.69, 9.17) is 23.2 Å². The van der Waals surface area contributed by atoms with Gasteiger partial charge in [0, 0.05) is 27.8 Å². The number of nitro benzene ring substituents is 1. The monoisotopic (exact) mass is 374 g/mol. The SMILES string of the molecule is O=[N+]([O-])c1ccc(Cl)cc1CNc1ccc(Br)c(Cl)c1. The van der Waals surface area contributed by atoms with Crippen LogP contribution in [-0.4, -0.2) is 4.92 Å². The van der Waals surface area contributed by atoms with Crippen LogP contribution in [0.25, 0.3) is 0 Å². The van der Waals surface area contributed by atoms with Gasteiger partial charge < -0.3 is 5.32 Å². The van der Waals surface area contributed by atoms with Gasteiger partial charge in [0.2, 0.25) is 0 Å². The van der Waals surface area contributed by atoms with Crippen molar-refractivity contribution in [3.63, 3.8) is 0 Å². The van der Waals surface area contributed by atoms with Crippen molar-refractivity contribution in [1.29, 1.82) is 0 Å². The van der Waals surface area contributed by atoms with Gasteiger partial charge in [-0.15, -0.1) is 0 Å². The van der Waals surface area contributed by atoms with Crippen LogP contribution in [0, 0.1) is 10.1 Å². The number of nitrogens with one attached hydrogen (secondary N) is 1. The Kier molecular flexibility index (Phi) is 4.86. The van der Waals surface area contributed by atoms with Crippen LogP contribution < -0.4 is 5.32 Å². The van der Waals surface area contributed by atoms with Crippen LogP contribution in [0.5, 0.6) is 0 Å². The fourth-order valence-electron chi connectivity index (χ4n) is 1.68. The van der Waals surface area contributed by atoms with E-state index in [2.05, 4.69) is 21.2 Å². The lowest BCUT2D eigenvalue weighted by atomic mass is 10.1. The molecule has 0 aliphatic carbocycles. The van der Waals surface area contributed by atoms with E-state index in [9.17, 15) is 10.1 Å². The van der Waals surface area contributed by atoms with Crippen LogP contribution in [0.1, 0.15) is 5.56 Å². The van der Waals surface area contributed by atoms with Gasteiger partial charge in [-0.25, -0.2) is 0 Å². The third-order valence-electron chi connectivity index (χ3n) is 2.64. The van der Waals surface area contributed by atoms with Gasteiger partial charge in [-0.2, -0.15) is 0 Å². The van der Waals surface area contributed by atoms with E-state index in [-0.39, 0.29) is 12.2 Å². The molecule has 2 aromatic carbocycles. The first-order chi connectivity index (χ1) is 9.47. The Bertz CT molecular complexity index is 665. The Morgan fingerprint density at radius 2 is 1.95 bits per heavy atom. The summed E-state index contributed by atoms with van der Waals surface area (Å²) >= 11 is 15.2. The molecule has 0 saturated heterocycles. The molecule has 0 aliphatic heterocycles. The van der Waals surface area contributed by atoms with Gasteiger partial charge in [0.25, 0.3) is 5.69 Å². The standard InChI is InChI=1S/C13H9BrCl2N2O2/c14-11-3-2-10(6-12(11)16)17-7-8-5-9(15)1-4-13(8)18(19)20/h1-6,17H,7H2. The summed E-state index contributed by atoms with van der Waals surface area (Å²) < 4.78 is 0.790. The first-order valence-corrected chi connectivity index (χ1v) is 7.14. The normalized spacial score (nSPS) is 10.3. The number of rotatable bonds is 4. The molecule has 104 valence electrons. The average Bonchev–Trinajstić information content (AvgIpc) is 2.40. The van der Waals surface area contributed by atoms with Crippen LogP contribution in [0.15, 0.2) is 40.9 Å². The number of nitrogens with zero attached hydrogens (tertiary/aromatic N) is 1. The van der Waals surface area contributed by atoms with Crippen molar-refractivity contribution < 1.29 is 4.92 Å². The summed E-state index contributed by atoms with van der Waals surface area (Å²) in [6.45, 7) is 0.287. The van der Waals surface area contributed by atoms with Crippen LogP contribution in [-0.2, 0) is 6.54 Å². The maximum absolute atomic E-state index is 11.0. The molecular weight excluding hydrogens is 367 g/mol. The molecule has 0 aliphatic rings. The molecule has 0 saturated carbocycles. The third-order valence-corrected chi connectivity index (χ3v) is 4.11. The Morgan fingerprint density at radius 1 is 1.20 bits per heavy atom. The van der Waals surface area contributed by atoms with Crippen molar-refractivity contribution in [1.82, 2.24) is 0 Å². The summed E-state index contributed by atoms with van der Waals surface area (Å²) in [5.74, 6) is 0. The number of hydrogen-bond donors (Lipinski definition) is 1. The molecule has 0 atom stereocenters. The summed E-state index contributed by atoms with van der Waals surface area (Å²) in [7, 11) is 0.